The molecule has 0 aromatic rings. The molecule has 104 valence electrons. The lowest BCUT2D eigenvalue weighted by molar-refractivity contribution is -0.135. The van der Waals surface area contributed by atoms with E-state index < -0.39 is 0 Å². The number of hydrogen-bond donors (Lipinski definition) is 0. The molecule has 18 heavy (non-hydrogen) atoms. The second-order valence-corrected chi connectivity index (χ2v) is 4.94. The van der Waals surface area contributed by atoms with Crippen LogP contribution >= 0.6 is 0 Å². The first-order valence-electron chi connectivity index (χ1n) is 7.01. The van der Waals surface area contributed by atoms with Crippen LogP contribution in [0.4, 0.5) is 0 Å². The van der Waals surface area contributed by atoms with Crippen LogP contribution < -0.4 is 0 Å². The Labute approximate surface area is 110 Å². The largest absolute Gasteiger partial charge is 0.381 e. The number of Topliss-reactive ketones (excluding diaryl/α,β-unsaturated/α-hetero) is 1. The first-order chi connectivity index (χ1) is 8.65. The fourth-order valence-electron chi connectivity index (χ4n) is 2.50. The summed E-state index contributed by atoms with van der Waals surface area (Å²) >= 11 is 0. The lowest BCUT2D eigenvalue weighted by Crippen LogP contribution is -2.41. The number of amides is 1. The van der Waals surface area contributed by atoms with Gasteiger partial charge in [0.05, 0.1) is 13.0 Å². The highest BCUT2D eigenvalue weighted by Gasteiger charge is 2.25. The zero-order valence-electron chi connectivity index (χ0n) is 11.6. The molecule has 1 amide bonds. The Balaban J connectivity index is 2.54. The van der Waals surface area contributed by atoms with Crippen molar-refractivity contribution in [1.29, 1.82) is 0 Å². The number of carbonyl (C=O) groups excluding carboxylic acids is 2. The third-order valence-corrected chi connectivity index (χ3v) is 3.38. The van der Waals surface area contributed by atoms with Gasteiger partial charge in [-0.15, -0.1) is 0 Å². The minimum absolute atomic E-state index is 0.110. The fraction of sp³-hybridized carbons (Fsp3) is 0.857. The highest BCUT2D eigenvalue weighted by Crippen LogP contribution is 2.20. The predicted octanol–water partition coefficient (Wildman–Crippen LogP) is 2.16. The molecule has 1 aliphatic heterocycles. The van der Waals surface area contributed by atoms with Crippen molar-refractivity contribution in [3.05, 3.63) is 0 Å². The van der Waals surface area contributed by atoms with Crippen molar-refractivity contribution < 1.29 is 14.3 Å². The number of ketones is 1. The van der Waals surface area contributed by atoms with E-state index >= 15 is 0 Å². The van der Waals surface area contributed by atoms with Gasteiger partial charge in [0.2, 0.25) is 5.91 Å². The Bertz CT molecular complexity index is 278. The Morgan fingerprint density at radius 2 is 2.06 bits per heavy atom. The van der Waals surface area contributed by atoms with Crippen molar-refractivity contribution in [2.45, 2.75) is 58.4 Å². The Morgan fingerprint density at radius 3 is 2.72 bits per heavy atom. The zero-order chi connectivity index (χ0) is 13.4. The third-order valence-electron chi connectivity index (χ3n) is 3.38. The molecule has 1 aliphatic rings. The fourth-order valence-corrected chi connectivity index (χ4v) is 2.50. The third kappa shape index (κ3) is 5.17. The van der Waals surface area contributed by atoms with E-state index in [1.54, 1.807) is 6.92 Å². The minimum atomic E-state index is 0.110. The SMILES string of the molecule is CCOCCC(=O)N1CCCCCC1CC(C)=O. The molecule has 4 nitrogen and oxygen atoms in total. The zero-order valence-corrected chi connectivity index (χ0v) is 11.6. The molecule has 1 saturated heterocycles. The Kier molecular flexibility index (Phi) is 6.94. The van der Waals surface area contributed by atoms with Crippen LogP contribution in [0.25, 0.3) is 0 Å². The maximum atomic E-state index is 12.2. The van der Waals surface area contributed by atoms with Crippen molar-refractivity contribution in [2.75, 3.05) is 19.8 Å². The first-order valence-corrected chi connectivity index (χ1v) is 7.01. The maximum absolute atomic E-state index is 12.2. The molecule has 1 rings (SSSR count). The predicted molar refractivity (Wildman–Crippen MR) is 70.4 cm³/mol. The highest BCUT2D eigenvalue weighted by atomic mass is 16.5. The first kappa shape index (κ1) is 15.2. The molecule has 4 heteroatoms. The molecule has 1 fully saturated rings. The van der Waals surface area contributed by atoms with Gasteiger partial charge in [0, 0.05) is 25.6 Å². The summed E-state index contributed by atoms with van der Waals surface area (Å²) in [5, 5.41) is 0. The van der Waals surface area contributed by atoms with Crippen molar-refractivity contribution in [3.8, 4) is 0 Å². The van der Waals surface area contributed by atoms with E-state index in [9.17, 15) is 9.59 Å². The van der Waals surface area contributed by atoms with Gasteiger partial charge in [0.15, 0.2) is 0 Å². The van der Waals surface area contributed by atoms with Crippen LogP contribution in [0.15, 0.2) is 0 Å². The van der Waals surface area contributed by atoms with Crippen LogP contribution in [-0.4, -0.2) is 42.4 Å². The van der Waals surface area contributed by atoms with E-state index in [1.807, 2.05) is 11.8 Å². The molecule has 1 unspecified atom stereocenters. The highest BCUT2D eigenvalue weighted by molar-refractivity contribution is 5.79. The standard InChI is InChI=1S/C14H25NO3/c1-3-18-10-8-14(17)15-9-6-4-5-7-13(15)11-12(2)16/h13H,3-11H2,1-2H3. The van der Waals surface area contributed by atoms with Crippen LogP contribution in [0.3, 0.4) is 0 Å². The van der Waals surface area contributed by atoms with Crippen molar-refractivity contribution in [2.24, 2.45) is 0 Å². The van der Waals surface area contributed by atoms with Crippen molar-refractivity contribution >= 4 is 11.7 Å². The van der Waals surface area contributed by atoms with E-state index in [1.165, 1.54) is 0 Å². The van der Waals surface area contributed by atoms with E-state index in [-0.39, 0.29) is 17.7 Å². The summed E-state index contributed by atoms with van der Waals surface area (Å²) in [6.45, 7) is 5.45. The Hall–Kier alpha value is -0.900. The number of carbonyl (C=O) groups is 2. The summed E-state index contributed by atoms with van der Waals surface area (Å²) in [7, 11) is 0. The van der Waals surface area contributed by atoms with Gasteiger partial charge in [-0.25, -0.2) is 0 Å². The molecule has 0 radical (unpaired) electrons. The molecule has 0 spiro atoms. The van der Waals surface area contributed by atoms with Crippen molar-refractivity contribution in [3.63, 3.8) is 0 Å². The van der Waals surface area contributed by atoms with Crippen molar-refractivity contribution in [1.82, 2.24) is 4.90 Å². The summed E-state index contributed by atoms with van der Waals surface area (Å²) < 4.78 is 5.23. The van der Waals surface area contributed by atoms with Crippen LogP contribution in [-0.2, 0) is 14.3 Å². The van der Waals surface area contributed by atoms with E-state index in [4.69, 9.17) is 4.74 Å². The molecule has 0 aromatic carbocycles. The monoisotopic (exact) mass is 255 g/mol. The molecule has 1 heterocycles. The van der Waals surface area contributed by atoms with E-state index in [0.29, 0.717) is 26.1 Å². The van der Waals surface area contributed by atoms with Gasteiger partial charge in [-0.05, 0) is 26.7 Å². The molecular formula is C14H25NO3. The van der Waals surface area contributed by atoms with Gasteiger partial charge in [0.1, 0.15) is 5.78 Å². The number of nitrogens with zero attached hydrogens (tertiary/aromatic N) is 1. The van der Waals surface area contributed by atoms with Crippen LogP contribution in [0, 0.1) is 0 Å². The normalized spacial score (nSPS) is 20.6. The van der Waals surface area contributed by atoms with E-state index in [0.717, 1.165) is 32.2 Å². The second kappa shape index (κ2) is 8.25. The van der Waals surface area contributed by atoms with E-state index in [2.05, 4.69) is 0 Å². The molecular weight excluding hydrogens is 230 g/mol. The maximum Gasteiger partial charge on any atom is 0.225 e. The van der Waals surface area contributed by atoms with Gasteiger partial charge in [-0.2, -0.15) is 0 Å². The minimum Gasteiger partial charge on any atom is -0.381 e. The smallest absolute Gasteiger partial charge is 0.225 e. The van der Waals surface area contributed by atoms with Gasteiger partial charge in [-0.3, -0.25) is 9.59 Å². The Morgan fingerprint density at radius 1 is 1.28 bits per heavy atom. The molecule has 0 aliphatic carbocycles. The topological polar surface area (TPSA) is 46.6 Å². The summed E-state index contributed by atoms with van der Waals surface area (Å²) in [6.07, 6.45) is 5.22. The molecule has 0 saturated carbocycles. The molecule has 0 aromatic heterocycles. The summed E-state index contributed by atoms with van der Waals surface area (Å²) in [5.74, 6) is 0.307. The van der Waals surface area contributed by atoms with Crippen LogP contribution in [0.2, 0.25) is 0 Å². The average Bonchev–Trinajstić information content (AvgIpc) is 2.54. The number of ether oxygens (including phenoxy) is 1. The lowest BCUT2D eigenvalue weighted by Gasteiger charge is -2.29. The second-order valence-electron chi connectivity index (χ2n) is 4.94. The van der Waals surface area contributed by atoms with Crippen LogP contribution in [0.1, 0.15) is 52.4 Å². The van der Waals surface area contributed by atoms with Gasteiger partial charge >= 0.3 is 0 Å². The lowest BCUT2D eigenvalue weighted by atomic mass is 10.0. The van der Waals surface area contributed by atoms with Crippen LogP contribution in [0.5, 0.6) is 0 Å². The summed E-state index contributed by atoms with van der Waals surface area (Å²) in [6, 6.07) is 0.110. The van der Waals surface area contributed by atoms with Gasteiger partial charge < -0.3 is 9.64 Å². The van der Waals surface area contributed by atoms with Gasteiger partial charge in [-0.1, -0.05) is 12.8 Å². The molecule has 0 N–H and O–H groups in total. The summed E-state index contributed by atoms with van der Waals surface area (Å²) in [4.78, 5) is 25.4. The number of likely N-dealkylation sites (tertiary alicyclic amines) is 1. The quantitative estimate of drug-likeness (QED) is 0.683. The number of rotatable bonds is 6. The molecule has 0 bridgehead atoms. The average molecular weight is 255 g/mol. The van der Waals surface area contributed by atoms with Gasteiger partial charge in [0.25, 0.3) is 0 Å². The number of hydrogen-bond acceptors (Lipinski definition) is 3. The summed E-state index contributed by atoms with van der Waals surface area (Å²) in [5.41, 5.74) is 0. The molecule has 1 atom stereocenters.